The van der Waals surface area contributed by atoms with Crippen LogP contribution in [0.5, 0.6) is 17.2 Å². The van der Waals surface area contributed by atoms with Gasteiger partial charge in [0.25, 0.3) is 0 Å². The van der Waals surface area contributed by atoms with Crippen molar-refractivity contribution in [2.75, 3.05) is 33.7 Å². The lowest BCUT2D eigenvalue weighted by Gasteiger charge is -2.41. The average Bonchev–Trinajstić information content (AvgIpc) is 3.70. The molecule has 0 aliphatic carbocycles. The summed E-state index contributed by atoms with van der Waals surface area (Å²) in [4.78, 5) is 0. The highest BCUT2D eigenvalue weighted by Gasteiger charge is 2.46. The second kappa shape index (κ2) is 13.4. The van der Waals surface area contributed by atoms with Gasteiger partial charge in [-0.15, -0.1) is 0 Å². The smallest absolute Gasteiger partial charge is 0.231 e. The summed E-state index contributed by atoms with van der Waals surface area (Å²) in [5.74, 6) is 2.24. The Morgan fingerprint density at radius 2 is 1.62 bits per heavy atom. The summed E-state index contributed by atoms with van der Waals surface area (Å²) >= 11 is 0. The third-order valence-electron chi connectivity index (χ3n) is 8.09. The molecule has 15 heteroatoms. The van der Waals surface area contributed by atoms with Gasteiger partial charge in [0.1, 0.15) is 48.5 Å². The molecule has 2 aromatic carbocycles. The van der Waals surface area contributed by atoms with Crippen molar-refractivity contribution in [3.63, 3.8) is 0 Å². The SMILES string of the molecule is COc1cc([C@@H](O)CCO[C@@H]2O[C@H](CO[C@@H]3OC[C@@H](O)[C@H](O)[C@H]3O)[C@@H](O)[C@H](O)[C@H]2O)cc2cc(-c3ccc4c(c3)OCO4)oc12. The minimum absolute atomic E-state index is 0.0657. The Morgan fingerprint density at radius 3 is 2.42 bits per heavy atom. The number of benzene rings is 2. The lowest BCUT2D eigenvalue weighted by Crippen LogP contribution is -2.60. The zero-order valence-electron chi connectivity index (χ0n) is 24.2. The molecule has 3 aromatic rings. The molecule has 15 nitrogen and oxygen atoms in total. The first-order valence-corrected chi connectivity index (χ1v) is 14.4. The van der Waals surface area contributed by atoms with Crippen LogP contribution in [-0.2, 0) is 18.9 Å². The molecule has 10 atom stereocenters. The summed E-state index contributed by atoms with van der Waals surface area (Å²) in [5.41, 5.74) is 1.79. The Morgan fingerprint density at radius 1 is 0.844 bits per heavy atom. The second-order valence-electron chi connectivity index (χ2n) is 11.1. The van der Waals surface area contributed by atoms with Crippen molar-refractivity contribution in [1.29, 1.82) is 0 Å². The summed E-state index contributed by atoms with van der Waals surface area (Å²) in [5, 5.41) is 72.4. The summed E-state index contributed by atoms with van der Waals surface area (Å²) in [6, 6.07) is 10.7. The number of aliphatic hydroxyl groups is 7. The van der Waals surface area contributed by atoms with E-state index in [9.17, 15) is 35.7 Å². The van der Waals surface area contributed by atoms with E-state index in [0.717, 1.165) is 5.56 Å². The van der Waals surface area contributed by atoms with Crippen molar-refractivity contribution in [2.24, 2.45) is 0 Å². The molecule has 4 heterocycles. The normalized spacial score (nSPS) is 32.1. The lowest BCUT2D eigenvalue weighted by atomic mass is 9.99. The molecule has 0 spiro atoms. The van der Waals surface area contributed by atoms with Gasteiger partial charge in [0.15, 0.2) is 35.4 Å². The predicted molar refractivity (Wildman–Crippen MR) is 150 cm³/mol. The van der Waals surface area contributed by atoms with E-state index in [0.29, 0.717) is 39.5 Å². The van der Waals surface area contributed by atoms with Gasteiger partial charge in [-0.05, 0) is 42.0 Å². The highest BCUT2D eigenvalue weighted by molar-refractivity contribution is 5.88. The molecule has 3 aliphatic heterocycles. The van der Waals surface area contributed by atoms with E-state index in [4.69, 9.17) is 37.6 Å². The molecule has 0 radical (unpaired) electrons. The lowest BCUT2D eigenvalue weighted by molar-refractivity contribution is -0.321. The molecule has 0 unspecified atom stereocenters. The van der Waals surface area contributed by atoms with E-state index in [1.807, 2.05) is 18.2 Å². The van der Waals surface area contributed by atoms with Gasteiger partial charge in [0.2, 0.25) is 6.79 Å². The Labute approximate surface area is 256 Å². The average molecular weight is 637 g/mol. The molecule has 246 valence electrons. The van der Waals surface area contributed by atoms with Crippen molar-refractivity contribution < 1.29 is 73.3 Å². The van der Waals surface area contributed by atoms with Gasteiger partial charge < -0.3 is 73.3 Å². The van der Waals surface area contributed by atoms with Crippen molar-refractivity contribution in [1.82, 2.24) is 0 Å². The van der Waals surface area contributed by atoms with Gasteiger partial charge in [0.05, 0.1) is 33.0 Å². The molecular weight excluding hydrogens is 600 g/mol. The van der Waals surface area contributed by atoms with Gasteiger partial charge in [0, 0.05) is 17.4 Å². The number of methoxy groups -OCH3 is 1. The van der Waals surface area contributed by atoms with Crippen LogP contribution in [0.25, 0.3) is 22.3 Å². The summed E-state index contributed by atoms with van der Waals surface area (Å²) in [7, 11) is 1.49. The molecule has 0 amide bonds. The number of rotatable bonds is 10. The fraction of sp³-hybridized carbons (Fsp3) is 0.533. The zero-order valence-corrected chi connectivity index (χ0v) is 24.2. The third kappa shape index (κ3) is 6.47. The number of ether oxygens (including phenoxy) is 7. The van der Waals surface area contributed by atoms with Crippen LogP contribution in [0.2, 0.25) is 0 Å². The molecule has 45 heavy (non-hydrogen) atoms. The third-order valence-corrected chi connectivity index (χ3v) is 8.09. The topological polar surface area (TPSA) is 219 Å². The first-order valence-electron chi connectivity index (χ1n) is 14.4. The van der Waals surface area contributed by atoms with Crippen LogP contribution in [0.4, 0.5) is 0 Å². The van der Waals surface area contributed by atoms with Crippen LogP contribution in [0.1, 0.15) is 18.1 Å². The maximum absolute atomic E-state index is 11.0. The van der Waals surface area contributed by atoms with Gasteiger partial charge in [-0.3, -0.25) is 0 Å². The Balaban J connectivity index is 1.07. The molecule has 7 N–H and O–H groups in total. The molecule has 6 rings (SSSR count). The van der Waals surface area contributed by atoms with Crippen LogP contribution in [0, 0.1) is 0 Å². The van der Waals surface area contributed by atoms with E-state index in [1.165, 1.54) is 7.11 Å². The largest absolute Gasteiger partial charge is 0.493 e. The first kappa shape index (κ1) is 31.9. The Bertz CT molecular complexity index is 1460. The molecular formula is C30H36O15. The number of hydrogen-bond acceptors (Lipinski definition) is 15. The molecule has 2 saturated heterocycles. The van der Waals surface area contributed by atoms with Gasteiger partial charge in [-0.1, -0.05) is 0 Å². The second-order valence-corrected chi connectivity index (χ2v) is 11.1. The Kier molecular flexibility index (Phi) is 9.47. The highest BCUT2D eigenvalue weighted by atomic mass is 16.7. The number of furan rings is 1. The predicted octanol–water partition coefficient (Wildman–Crippen LogP) is -0.460. The Hall–Kier alpha value is -3.06. The fourth-order valence-electron chi connectivity index (χ4n) is 5.45. The highest BCUT2D eigenvalue weighted by Crippen LogP contribution is 2.40. The van der Waals surface area contributed by atoms with E-state index in [1.54, 1.807) is 18.2 Å². The van der Waals surface area contributed by atoms with E-state index >= 15 is 0 Å². The quantitative estimate of drug-likeness (QED) is 0.150. The number of hydrogen-bond donors (Lipinski definition) is 7. The summed E-state index contributed by atoms with van der Waals surface area (Å²) in [6.07, 6.45) is -14.1. The van der Waals surface area contributed by atoms with Gasteiger partial charge in [-0.2, -0.15) is 0 Å². The number of aliphatic hydroxyl groups excluding tert-OH is 7. The minimum atomic E-state index is -1.65. The maximum Gasteiger partial charge on any atom is 0.231 e. The number of fused-ring (bicyclic) bond motifs is 2. The first-order chi connectivity index (χ1) is 21.6. The summed E-state index contributed by atoms with van der Waals surface area (Å²) < 4.78 is 44.3. The van der Waals surface area contributed by atoms with E-state index in [2.05, 4.69) is 0 Å². The zero-order chi connectivity index (χ0) is 31.8. The maximum atomic E-state index is 11.0. The fourth-order valence-corrected chi connectivity index (χ4v) is 5.45. The van der Waals surface area contributed by atoms with Crippen molar-refractivity contribution in [3.05, 3.63) is 42.0 Å². The molecule has 2 fully saturated rings. The van der Waals surface area contributed by atoms with Crippen molar-refractivity contribution in [3.8, 4) is 28.6 Å². The van der Waals surface area contributed by atoms with Crippen molar-refractivity contribution >= 4 is 11.0 Å². The van der Waals surface area contributed by atoms with Crippen molar-refractivity contribution in [2.45, 2.75) is 67.8 Å². The van der Waals surface area contributed by atoms with Crippen LogP contribution < -0.4 is 14.2 Å². The monoisotopic (exact) mass is 636 g/mol. The van der Waals surface area contributed by atoms with Gasteiger partial charge >= 0.3 is 0 Å². The van der Waals surface area contributed by atoms with Crippen LogP contribution in [0.15, 0.2) is 40.8 Å². The summed E-state index contributed by atoms with van der Waals surface area (Å²) in [6.45, 7) is -0.647. The van der Waals surface area contributed by atoms with Crippen LogP contribution in [0.3, 0.4) is 0 Å². The van der Waals surface area contributed by atoms with Crippen LogP contribution >= 0.6 is 0 Å². The standard InChI is InChI=1S/C30H36O15/c1-38-21-8-14(6-15-9-19(44-28(15)21)13-2-3-18-20(7-13)43-12-42-18)16(31)4-5-39-30-27(37)25(35)24(34)22(45-30)11-41-29-26(36)23(33)17(32)10-40-29/h2-3,6-9,16-17,22-27,29-37H,4-5,10-12H2,1H3/t16-,17+,22+,23-,24+,25-,26+,27+,29-,30+/m0/s1. The molecule has 3 aliphatic rings. The van der Waals surface area contributed by atoms with E-state index in [-0.39, 0.29) is 26.4 Å². The minimum Gasteiger partial charge on any atom is -0.493 e. The van der Waals surface area contributed by atoms with Crippen LogP contribution in [-0.4, -0.2) is 125 Å². The van der Waals surface area contributed by atoms with E-state index < -0.39 is 68.0 Å². The molecule has 1 aromatic heterocycles. The molecule has 0 bridgehead atoms. The van der Waals surface area contributed by atoms with Gasteiger partial charge in [-0.25, -0.2) is 0 Å². The molecule has 0 saturated carbocycles.